The van der Waals surface area contributed by atoms with Crippen LogP contribution >= 0.6 is 0 Å². The van der Waals surface area contributed by atoms with Gasteiger partial charge in [-0.15, -0.1) is 0 Å². The summed E-state index contributed by atoms with van der Waals surface area (Å²) >= 11 is 0. The zero-order valence-electron chi connectivity index (χ0n) is 13.5. The number of sulfonamides is 1. The lowest BCUT2D eigenvalue weighted by atomic mass is 9.96. The summed E-state index contributed by atoms with van der Waals surface area (Å²) in [6.07, 6.45) is 6.89. The molecule has 1 aliphatic heterocycles. The molecule has 1 aromatic rings. The first-order valence-corrected chi connectivity index (χ1v) is 9.89. The maximum absolute atomic E-state index is 12.6. The fourth-order valence-corrected chi connectivity index (χ4v) is 4.93. The van der Waals surface area contributed by atoms with Gasteiger partial charge in [0, 0.05) is 25.2 Å². The van der Waals surface area contributed by atoms with E-state index < -0.39 is 10.0 Å². The van der Waals surface area contributed by atoms with Crippen molar-refractivity contribution in [2.75, 3.05) is 11.4 Å². The Balaban J connectivity index is 1.84. The van der Waals surface area contributed by atoms with E-state index >= 15 is 0 Å². The summed E-state index contributed by atoms with van der Waals surface area (Å²) < 4.78 is 28.1. The fraction of sp³-hybridized carbons (Fsp3) is 0.588. The minimum atomic E-state index is -3.48. The molecular weight excluding hydrogens is 312 g/mol. The maximum Gasteiger partial charge on any atom is 0.240 e. The van der Waals surface area contributed by atoms with E-state index in [9.17, 15) is 13.2 Å². The first kappa shape index (κ1) is 16.5. The van der Waals surface area contributed by atoms with Crippen LogP contribution in [0.2, 0.25) is 0 Å². The molecule has 5 nitrogen and oxygen atoms in total. The number of nitrogens with one attached hydrogen (secondary N) is 1. The standard InChI is InChI=1S/C17H24N2O3S/c1-13(20)19-11-5-6-14-12-16(9-10-17(14)19)23(21,22)18-15-7-3-2-4-8-15/h9-10,12,15,18H,2-8,11H2,1H3. The first-order chi connectivity index (χ1) is 11.0. The number of amides is 1. The average molecular weight is 336 g/mol. The smallest absolute Gasteiger partial charge is 0.240 e. The highest BCUT2D eigenvalue weighted by molar-refractivity contribution is 7.89. The van der Waals surface area contributed by atoms with E-state index in [2.05, 4.69) is 4.72 Å². The van der Waals surface area contributed by atoms with Gasteiger partial charge in [-0.3, -0.25) is 4.79 Å². The number of carbonyl (C=O) groups is 1. The molecule has 0 radical (unpaired) electrons. The van der Waals surface area contributed by atoms with Gasteiger partial charge in [-0.25, -0.2) is 13.1 Å². The van der Waals surface area contributed by atoms with Crippen LogP contribution in [0.4, 0.5) is 5.69 Å². The minimum absolute atomic E-state index is 0.00175. The lowest BCUT2D eigenvalue weighted by Crippen LogP contribution is -2.36. The third kappa shape index (κ3) is 3.58. The number of nitrogens with zero attached hydrogens (tertiary/aromatic N) is 1. The van der Waals surface area contributed by atoms with Crippen molar-refractivity contribution in [1.29, 1.82) is 0 Å². The van der Waals surface area contributed by atoms with Gasteiger partial charge in [0.15, 0.2) is 0 Å². The maximum atomic E-state index is 12.6. The molecule has 1 N–H and O–H groups in total. The third-order valence-corrected chi connectivity index (χ3v) is 6.31. The number of aryl methyl sites for hydroxylation is 1. The molecule has 0 aromatic heterocycles. The van der Waals surface area contributed by atoms with Crippen LogP contribution in [-0.4, -0.2) is 26.9 Å². The largest absolute Gasteiger partial charge is 0.312 e. The van der Waals surface area contributed by atoms with E-state index in [0.717, 1.165) is 49.8 Å². The molecule has 0 saturated heterocycles. The second-order valence-electron chi connectivity index (χ2n) is 6.52. The van der Waals surface area contributed by atoms with Crippen LogP contribution in [0.5, 0.6) is 0 Å². The van der Waals surface area contributed by atoms with Crippen molar-refractivity contribution in [3.8, 4) is 0 Å². The van der Waals surface area contributed by atoms with Gasteiger partial charge in [0.05, 0.1) is 4.90 Å². The van der Waals surface area contributed by atoms with Gasteiger partial charge in [0.25, 0.3) is 0 Å². The summed E-state index contributed by atoms with van der Waals surface area (Å²) in [7, 11) is -3.48. The molecule has 0 unspecified atom stereocenters. The summed E-state index contributed by atoms with van der Waals surface area (Å²) in [5.41, 5.74) is 1.79. The van der Waals surface area contributed by atoms with E-state index in [1.54, 1.807) is 30.0 Å². The Hall–Kier alpha value is -1.40. The lowest BCUT2D eigenvalue weighted by molar-refractivity contribution is -0.116. The number of rotatable bonds is 3. The van der Waals surface area contributed by atoms with Crippen LogP contribution in [0, 0.1) is 0 Å². The normalized spacial score (nSPS) is 19.4. The molecule has 3 rings (SSSR count). The van der Waals surface area contributed by atoms with Crippen molar-refractivity contribution < 1.29 is 13.2 Å². The van der Waals surface area contributed by atoms with E-state index in [0.29, 0.717) is 11.4 Å². The quantitative estimate of drug-likeness (QED) is 0.922. The monoisotopic (exact) mass is 336 g/mol. The highest BCUT2D eigenvalue weighted by Crippen LogP contribution is 2.30. The molecule has 0 spiro atoms. The zero-order chi connectivity index (χ0) is 16.4. The molecule has 0 atom stereocenters. The average Bonchev–Trinajstić information content (AvgIpc) is 2.54. The fourth-order valence-electron chi connectivity index (χ4n) is 3.58. The van der Waals surface area contributed by atoms with Crippen molar-refractivity contribution >= 4 is 21.6 Å². The summed E-state index contributed by atoms with van der Waals surface area (Å²) in [6.45, 7) is 2.25. The predicted molar refractivity (Wildman–Crippen MR) is 90.0 cm³/mol. The van der Waals surface area contributed by atoms with Gasteiger partial charge < -0.3 is 4.90 Å². The molecule has 1 aromatic carbocycles. The molecule has 1 heterocycles. The van der Waals surface area contributed by atoms with Crippen LogP contribution in [0.1, 0.15) is 51.0 Å². The Labute approximate surface area is 138 Å². The Morgan fingerprint density at radius 3 is 2.61 bits per heavy atom. The first-order valence-electron chi connectivity index (χ1n) is 8.41. The summed E-state index contributed by atoms with van der Waals surface area (Å²) in [5.74, 6) is 0.00175. The number of anilines is 1. The number of fused-ring (bicyclic) bond motifs is 1. The Kier molecular flexibility index (Phi) is 4.73. The molecular formula is C17H24N2O3S. The van der Waals surface area contributed by atoms with E-state index in [4.69, 9.17) is 0 Å². The Morgan fingerprint density at radius 1 is 1.17 bits per heavy atom. The third-order valence-electron chi connectivity index (χ3n) is 4.79. The van der Waals surface area contributed by atoms with Gasteiger partial charge in [0.1, 0.15) is 0 Å². The molecule has 1 fully saturated rings. The van der Waals surface area contributed by atoms with Gasteiger partial charge in [-0.05, 0) is 49.4 Å². The van der Waals surface area contributed by atoms with Gasteiger partial charge in [0.2, 0.25) is 15.9 Å². The number of hydrogen-bond donors (Lipinski definition) is 1. The number of benzene rings is 1. The van der Waals surface area contributed by atoms with Gasteiger partial charge in [-0.1, -0.05) is 19.3 Å². The van der Waals surface area contributed by atoms with Gasteiger partial charge >= 0.3 is 0 Å². The molecule has 0 bridgehead atoms. The highest BCUT2D eigenvalue weighted by Gasteiger charge is 2.25. The van der Waals surface area contributed by atoms with Crippen molar-refractivity contribution in [1.82, 2.24) is 4.72 Å². The van der Waals surface area contributed by atoms with E-state index in [1.807, 2.05) is 0 Å². The summed E-state index contributed by atoms with van der Waals surface area (Å²) in [5, 5.41) is 0. The van der Waals surface area contributed by atoms with Crippen LogP contribution in [0.3, 0.4) is 0 Å². The summed E-state index contributed by atoms with van der Waals surface area (Å²) in [6, 6.07) is 5.17. The second kappa shape index (κ2) is 6.61. The number of hydrogen-bond acceptors (Lipinski definition) is 3. The van der Waals surface area contributed by atoms with Crippen molar-refractivity contribution in [3.63, 3.8) is 0 Å². The van der Waals surface area contributed by atoms with Crippen LogP contribution in [0.15, 0.2) is 23.1 Å². The van der Waals surface area contributed by atoms with E-state index in [-0.39, 0.29) is 11.9 Å². The second-order valence-corrected chi connectivity index (χ2v) is 8.23. The summed E-state index contributed by atoms with van der Waals surface area (Å²) in [4.78, 5) is 13.7. The topological polar surface area (TPSA) is 66.5 Å². The molecule has 23 heavy (non-hydrogen) atoms. The molecule has 1 amide bonds. The Bertz CT molecular complexity index is 694. The zero-order valence-corrected chi connectivity index (χ0v) is 14.4. The number of carbonyl (C=O) groups excluding carboxylic acids is 1. The van der Waals surface area contributed by atoms with Crippen molar-refractivity contribution in [2.24, 2.45) is 0 Å². The predicted octanol–water partition coefficient (Wildman–Crippen LogP) is 2.60. The minimum Gasteiger partial charge on any atom is -0.312 e. The van der Waals surface area contributed by atoms with Crippen LogP contribution < -0.4 is 9.62 Å². The van der Waals surface area contributed by atoms with Gasteiger partial charge in [-0.2, -0.15) is 0 Å². The van der Waals surface area contributed by atoms with Crippen LogP contribution in [-0.2, 0) is 21.2 Å². The Morgan fingerprint density at radius 2 is 1.91 bits per heavy atom. The molecule has 2 aliphatic rings. The van der Waals surface area contributed by atoms with E-state index in [1.165, 1.54) is 6.42 Å². The van der Waals surface area contributed by atoms with Crippen molar-refractivity contribution in [2.45, 2.75) is 62.8 Å². The SMILES string of the molecule is CC(=O)N1CCCc2cc(S(=O)(=O)NC3CCCCC3)ccc21. The van der Waals surface area contributed by atoms with Crippen molar-refractivity contribution in [3.05, 3.63) is 23.8 Å². The molecule has 126 valence electrons. The lowest BCUT2D eigenvalue weighted by Gasteiger charge is -2.29. The molecule has 1 saturated carbocycles. The van der Waals surface area contributed by atoms with Crippen LogP contribution in [0.25, 0.3) is 0 Å². The molecule has 6 heteroatoms. The highest BCUT2D eigenvalue weighted by atomic mass is 32.2. The molecule has 1 aliphatic carbocycles.